The van der Waals surface area contributed by atoms with Crippen LogP contribution in [0.3, 0.4) is 0 Å². The van der Waals surface area contributed by atoms with Gasteiger partial charge in [-0.1, -0.05) is 24.3 Å². The second kappa shape index (κ2) is 7.27. The standard InChI is InChI=1S/C19H20N2O3/c1-24-13-18(22)20-17-8-7-14-9-10-21(12-16(14)11-17)19(23)15-5-3-2-4-6-15/h2-8,11H,9-10,12-13H2,1H3,(H,20,22). The topological polar surface area (TPSA) is 58.6 Å². The zero-order valence-electron chi connectivity index (χ0n) is 13.6. The number of rotatable bonds is 4. The summed E-state index contributed by atoms with van der Waals surface area (Å²) in [6.45, 7) is 1.28. The summed E-state index contributed by atoms with van der Waals surface area (Å²) in [5.74, 6) is -0.152. The van der Waals surface area contributed by atoms with Crippen LogP contribution in [0, 0.1) is 0 Å². The number of carbonyl (C=O) groups excluding carboxylic acids is 2. The van der Waals surface area contributed by atoms with Crippen LogP contribution in [0.25, 0.3) is 0 Å². The van der Waals surface area contributed by atoms with Gasteiger partial charge in [-0.05, 0) is 41.8 Å². The van der Waals surface area contributed by atoms with Gasteiger partial charge >= 0.3 is 0 Å². The number of anilines is 1. The molecule has 1 heterocycles. The molecule has 2 aromatic rings. The van der Waals surface area contributed by atoms with Crippen LogP contribution in [-0.2, 0) is 22.5 Å². The van der Waals surface area contributed by atoms with Crippen molar-refractivity contribution in [3.05, 3.63) is 65.2 Å². The number of hydrogen-bond acceptors (Lipinski definition) is 3. The second-order valence-corrected chi connectivity index (χ2v) is 5.81. The predicted molar refractivity (Wildman–Crippen MR) is 91.8 cm³/mol. The van der Waals surface area contributed by atoms with Crippen LogP contribution in [0.1, 0.15) is 21.5 Å². The Kier molecular flexibility index (Phi) is 4.91. The van der Waals surface area contributed by atoms with E-state index in [2.05, 4.69) is 5.32 Å². The maximum absolute atomic E-state index is 12.6. The fourth-order valence-corrected chi connectivity index (χ4v) is 2.90. The maximum Gasteiger partial charge on any atom is 0.254 e. The van der Waals surface area contributed by atoms with Gasteiger partial charge in [0, 0.05) is 31.5 Å². The van der Waals surface area contributed by atoms with Crippen LogP contribution in [0.4, 0.5) is 5.69 Å². The van der Waals surface area contributed by atoms with E-state index in [1.54, 1.807) is 0 Å². The first-order valence-electron chi connectivity index (χ1n) is 7.92. The Hall–Kier alpha value is -2.66. The van der Waals surface area contributed by atoms with Crippen LogP contribution < -0.4 is 5.32 Å². The Morgan fingerprint density at radius 1 is 1.12 bits per heavy atom. The lowest BCUT2D eigenvalue weighted by atomic mass is 9.98. The molecular weight excluding hydrogens is 304 g/mol. The molecule has 3 rings (SSSR count). The van der Waals surface area contributed by atoms with Crippen molar-refractivity contribution in [2.24, 2.45) is 0 Å². The van der Waals surface area contributed by atoms with Crippen molar-refractivity contribution in [3.63, 3.8) is 0 Å². The molecule has 2 aromatic carbocycles. The highest BCUT2D eigenvalue weighted by Crippen LogP contribution is 2.24. The van der Waals surface area contributed by atoms with Crippen molar-refractivity contribution >= 4 is 17.5 Å². The first-order chi connectivity index (χ1) is 11.7. The van der Waals surface area contributed by atoms with Crippen LogP contribution in [0.15, 0.2) is 48.5 Å². The molecule has 5 nitrogen and oxygen atoms in total. The molecule has 0 saturated heterocycles. The van der Waals surface area contributed by atoms with Gasteiger partial charge in [-0.2, -0.15) is 0 Å². The molecule has 1 aliphatic heterocycles. The Bertz CT molecular complexity index is 744. The average Bonchev–Trinajstić information content (AvgIpc) is 2.61. The van der Waals surface area contributed by atoms with Gasteiger partial charge in [0.15, 0.2) is 0 Å². The fourth-order valence-electron chi connectivity index (χ4n) is 2.90. The molecule has 0 fully saturated rings. The number of ether oxygens (including phenoxy) is 1. The molecule has 5 heteroatoms. The molecule has 2 amide bonds. The summed E-state index contributed by atoms with van der Waals surface area (Å²) in [7, 11) is 1.49. The van der Waals surface area contributed by atoms with Gasteiger partial charge in [-0.25, -0.2) is 0 Å². The average molecular weight is 324 g/mol. The molecule has 0 spiro atoms. The monoisotopic (exact) mass is 324 g/mol. The van der Waals surface area contributed by atoms with Gasteiger partial charge in [0.05, 0.1) is 0 Å². The summed E-state index contributed by atoms with van der Waals surface area (Å²) in [5.41, 5.74) is 3.72. The van der Waals surface area contributed by atoms with Crippen molar-refractivity contribution in [1.82, 2.24) is 4.90 Å². The van der Waals surface area contributed by atoms with Crippen molar-refractivity contribution in [3.8, 4) is 0 Å². The smallest absolute Gasteiger partial charge is 0.254 e. The highest BCUT2D eigenvalue weighted by molar-refractivity contribution is 5.94. The van der Waals surface area contributed by atoms with Gasteiger partial charge < -0.3 is 15.0 Å². The van der Waals surface area contributed by atoms with Gasteiger partial charge in [-0.15, -0.1) is 0 Å². The third-order valence-corrected chi connectivity index (χ3v) is 4.09. The van der Waals surface area contributed by atoms with Gasteiger partial charge in [0.1, 0.15) is 6.61 Å². The minimum Gasteiger partial charge on any atom is -0.375 e. The van der Waals surface area contributed by atoms with Crippen LogP contribution >= 0.6 is 0 Å². The molecule has 0 atom stereocenters. The molecule has 1 N–H and O–H groups in total. The largest absolute Gasteiger partial charge is 0.375 e. The van der Waals surface area contributed by atoms with Gasteiger partial charge in [-0.3, -0.25) is 9.59 Å². The van der Waals surface area contributed by atoms with Crippen LogP contribution in [0.2, 0.25) is 0 Å². The van der Waals surface area contributed by atoms with E-state index in [0.717, 1.165) is 17.7 Å². The Morgan fingerprint density at radius 2 is 1.92 bits per heavy atom. The number of benzene rings is 2. The van der Waals surface area contributed by atoms with Crippen molar-refractivity contribution < 1.29 is 14.3 Å². The summed E-state index contributed by atoms with van der Waals surface area (Å²) >= 11 is 0. The maximum atomic E-state index is 12.6. The molecule has 0 aromatic heterocycles. The Labute approximate surface area is 141 Å². The number of carbonyl (C=O) groups is 2. The minimum absolute atomic E-state index is 0.0235. The van der Waals surface area contributed by atoms with E-state index in [9.17, 15) is 9.59 Å². The van der Waals surface area contributed by atoms with Gasteiger partial charge in [0.2, 0.25) is 5.91 Å². The van der Waals surface area contributed by atoms with Crippen molar-refractivity contribution in [2.45, 2.75) is 13.0 Å². The molecule has 0 unspecified atom stereocenters. The summed E-state index contributed by atoms with van der Waals surface area (Å²) < 4.78 is 4.82. The molecular formula is C19H20N2O3. The molecule has 0 radical (unpaired) electrons. The lowest BCUT2D eigenvalue weighted by molar-refractivity contribution is -0.119. The molecule has 1 aliphatic rings. The van der Waals surface area contributed by atoms with E-state index in [4.69, 9.17) is 4.74 Å². The zero-order chi connectivity index (χ0) is 16.9. The van der Waals surface area contributed by atoms with Crippen LogP contribution in [-0.4, -0.2) is 37.0 Å². The second-order valence-electron chi connectivity index (χ2n) is 5.81. The fraction of sp³-hybridized carbons (Fsp3) is 0.263. The number of nitrogens with zero attached hydrogens (tertiary/aromatic N) is 1. The summed E-state index contributed by atoms with van der Waals surface area (Å²) in [6.07, 6.45) is 0.820. The summed E-state index contributed by atoms with van der Waals surface area (Å²) in [6, 6.07) is 15.1. The highest BCUT2D eigenvalue weighted by atomic mass is 16.5. The molecule has 24 heavy (non-hydrogen) atoms. The third kappa shape index (κ3) is 3.63. The zero-order valence-corrected chi connectivity index (χ0v) is 13.6. The van der Waals surface area contributed by atoms with E-state index in [1.165, 1.54) is 12.7 Å². The van der Waals surface area contributed by atoms with Crippen molar-refractivity contribution in [1.29, 1.82) is 0 Å². The number of methoxy groups -OCH3 is 1. The number of fused-ring (bicyclic) bond motifs is 1. The third-order valence-electron chi connectivity index (χ3n) is 4.09. The lowest BCUT2D eigenvalue weighted by Gasteiger charge is -2.29. The summed E-state index contributed by atoms with van der Waals surface area (Å²) in [4.78, 5) is 26.1. The van der Waals surface area contributed by atoms with E-state index >= 15 is 0 Å². The first kappa shape index (κ1) is 16.2. The van der Waals surface area contributed by atoms with E-state index in [0.29, 0.717) is 18.7 Å². The molecule has 0 aliphatic carbocycles. The molecule has 0 bridgehead atoms. The number of hydrogen-bond donors (Lipinski definition) is 1. The molecule has 124 valence electrons. The van der Waals surface area contributed by atoms with E-state index in [1.807, 2.05) is 53.4 Å². The van der Waals surface area contributed by atoms with Crippen LogP contribution in [0.5, 0.6) is 0 Å². The highest BCUT2D eigenvalue weighted by Gasteiger charge is 2.22. The SMILES string of the molecule is COCC(=O)Nc1ccc2c(c1)CN(C(=O)c1ccccc1)CC2. The summed E-state index contributed by atoms with van der Waals surface area (Å²) in [5, 5.41) is 2.80. The van der Waals surface area contributed by atoms with E-state index in [-0.39, 0.29) is 18.4 Å². The normalized spacial score (nSPS) is 13.3. The Balaban J connectivity index is 1.74. The van der Waals surface area contributed by atoms with Crippen molar-refractivity contribution in [2.75, 3.05) is 25.6 Å². The quantitative estimate of drug-likeness (QED) is 0.940. The van der Waals surface area contributed by atoms with Gasteiger partial charge in [0.25, 0.3) is 5.91 Å². The van der Waals surface area contributed by atoms with E-state index < -0.39 is 0 Å². The molecule has 0 saturated carbocycles. The first-order valence-corrected chi connectivity index (χ1v) is 7.92. The lowest BCUT2D eigenvalue weighted by Crippen LogP contribution is -2.36. The Morgan fingerprint density at radius 3 is 2.67 bits per heavy atom. The number of nitrogens with one attached hydrogen (secondary N) is 1. The predicted octanol–water partition coefficient (Wildman–Crippen LogP) is 2.47. The minimum atomic E-state index is -0.189. The number of amides is 2.